The Hall–Kier alpha value is -1.12. The molecule has 2 aromatic rings. The Bertz CT molecular complexity index is 698. The van der Waals surface area contributed by atoms with Gasteiger partial charge in [-0.25, -0.2) is 0 Å². The van der Waals surface area contributed by atoms with Gasteiger partial charge in [0.15, 0.2) is 5.96 Å². The molecular formula is C19H27ClN4OS2. The summed E-state index contributed by atoms with van der Waals surface area (Å²) in [4.78, 5) is 10.0. The topological polar surface area (TPSA) is 48.9 Å². The van der Waals surface area contributed by atoms with E-state index in [9.17, 15) is 0 Å². The van der Waals surface area contributed by atoms with Gasteiger partial charge in [0, 0.05) is 35.9 Å². The van der Waals surface area contributed by atoms with Crippen molar-refractivity contribution in [2.75, 3.05) is 45.9 Å². The maximum atomic E-state index is 6.01. The summed E-state index contributed by atoms with van der Waals surface area (Å²) in [5.74, 6) is 0.870. The molecule has 5 nitrogen and oxygen atoms in total. The molecule has 0 radical (unpaired) electrons. The maximum Gasteiger partial charge on any atom is 0.191 e. The van der Waals surface area contributed by atoms with Crippen molar-refractivity contribution in [1.29, 1.82) is 0 Å². The summed E-state index contributed by atoms with van der Waals surface area (Å²) >= 11 is 9.45. The van der Waals surface area contributed by atoms with Crippen molar-refractivity contribution in [2.24, 2.45) is 4.99 Å². The lowest BCUT2D eigenvalue weighted by Crippen LogP contribution is -2.42. The molecule has 1 fully saturated rings. The Morgan fingerprint density at radius 1 is 1.30 bits per heavy atom. The van der Waals surface area contributed by atoms with Gasteiger partial charge in [-0.3, -0.25) is 9.89 Å². The molecule has 1 unspecified atom stereocenters. The molecule has 0 aromatic carbocycles. The lowest BCUT2D eigenvalue weighted by atomic mass is 10.2. The lowest BCUT2D eigenvalue weighted by molar-refractivity contribution is 0.0186. The minimum atomic E-state index is 0.306. The summed E-state index contributed by atoms with van der Waals surface area (Å²) in [5, 5.41) is 8.94. The predicted octanol–water partition coefficient (Wildman–Crippen LogP) is 3.63. The second kappa shape index (κ2) is 11.0. The van der Waals surface area contributed by atoms with Crippen LogP contribution in [-0.4, -0.2) is 56.8 Å². The van der Waals surface area contributed by atoms with E-state index >= 15 is 0 Å². The van der Waals surface area contributed by atoms with Crippen molar-refractivity contribution < 1.29 is 4.74 Å². The van der Waals surface area contributed by atoms with E-state index in [1.54, 1.807) is 22.7 Å². The fourth-order valence-electron chi connectivity index (χ4n) is 3.07. The molecule has 2 aromatic heterocycles. The van der Waals surface area contributed by atoms with Crippen LogP contribution < -0.4 is 10.6 Å². The normalized spacial score (nSPS) is 17.0. The van der Waals surface area contributed by atoms with E-state index in [0.29, 0.717) is 6.04 Å². The smallest absolute Gasteiger partial charge is 0.191 e. The Morgan fingerprint density at radius 3 is 2.81 bits per heavy atom. The first-order valence-electron chi connectivity index (χ1n) is 9.38. The maximum absolute atomic E-state index is 6.01. The van der Waals surface area contributed by atoms with E-state index < -0.39 is 0 Å². The average molecular weight is 427 g/mol. The highest BCUT2D eigenvalue weighted by Crippen LogP contribution is 2.26. The zero-order valence-electron chi connectivity index (χ0n) is 15.6. The highest BCUT2D eigenvalue weighted by Gasteiger charge is 2.23. The van der Waals surface area contributed by atoms with Gasteiger partial charge < -0.3 is 15.4 Å². The summed E-state index contributed by atoms with van der Waals surface area (Å²) < 4.78 is 6.36. The van der Waals surface area contributed by atoms with Gasteiger partial charge in [-0.1, -0.05) is 17.7 Å². The highest BCUT2D eigenvalue weighted by molar-refractivity contribution is 7.16. The molecule has 0 amide bonds. The molecule has 1 aliphatic rings. The standard InChI is InChI=1S/C19H27ClN4OS2/c1-2-21-19(22-8-7-15-5-6-18(20)27-15)23-14-16(17-4-3-13-26-17)24-9-11-25-12-10-24/h3-6,13,16H,2,7-12,14H2,1H3,(H2,21,22,23). The van der Waals surface area contributed by atoms with Crippen molar-refractivity contribution in [3.05, 3.63) is 43.7 Å². The van der Waals surface area contributed by atoms with Crippen molar-refractivity contribution in [2.45, 2.75) is 19.4 Å². The third-order valence-electron chi connectivity index (χ3n) is 4.42. The monoisotopic (exact) mass is 426 g/mol. The lowest BCUT2D eigenvalue weighted by Gasteiger charge is -2.33. The molecule has 3 rings (SSSR count). The third-order valence-corrected chi connectivity index (χ3v) is 6.68. The summed E-state index contributed by atoms with van der Waals surface area (Å²) in [7, 11) is 0. The molecule has 0 aliphatic carbocycles. The molecule has 148 valence electrons. The Kier molecular flexibility index (Phi) is 8.41. The largest absolute Gasteiger partial charge is 0.379 e. The predicted molar refractivity (Wildman–Crippen MR) is 116 cm³/mol. The van der Waals surface area contributed by atoms with Crippen LogP contribution in [0.4, 0.5) is 0 Å². The summed E-state index contributed by atoms with van der Waals surface area (Å²) in [5.41, 5.74) is 0. The molecule has 2 N–H and O–H groups in total. The van der Waals surface area contributed by atoms with Crippen LogP contribution in [0.3, 0.4) is 0 Å². The van der Waals surface area contributed by atoms with Crippen LogP contribution >= 0.6 is 34.3 Å². The number of ether oxygens (including phenoxy) is 1. The van der Waals surface area contributed by atoms with Gasteiger partial charge in [0.1, 0.15) is 0 Å². The molecular weight excluding hydrogens is 400 g/mol. The van der Waals surface area contributed by atoms with E-state index in [4.69, 9.17) is 21.3 Å². The van der Waals surface area contributed by atoms with Crippen LogP contribution in [0, 0.1) is 0 Å². The Morgan fingerprint density at radius 2 is 2.15 bits per heavy atom. The second-order valence-electron chi connectivity index (χ2n) is 6.28. The van der Waals surface area contributed by atoms with E-state index in [2.05, 4.69) is 46.0 Å². The number of morpholine rings is 1. The van der Waals surface area contributed by atoms with Gasteiger partial charge >= 0.3 is 0 Å². The molecule has 0 bridgehead atoms. The molecule has 1 saturated heterocycles. The molecule has 3 heterocycles. The SMILES string of the molecule is CCNC(=NCC(c1cccs1)N1CCOCC1)NCCc1ccc(Cl)s1. The summed E-state index contributed by atoms with van der Waals surface area (Å²) in [6.07, 6.45) is 0.944. The molecule has 8 heteroatoms. The number of nitrogens with one attached hydrogen (secondary N) is 2. The first-order valence-corrected chi connectivity index (χ1v) is 11.4. The summed E-state index contributed by atoms with van der Waals surface area (Å²) in [6, 6.07) is 8.67. The number of guanidine groups is 1. The first kappa shape index (κ1) is 20.6. The molecule has 1 aliphatic heterocycles. The molecule has 0 spiro atoms. The van der Waals surface area contributed by atoms with Crippen LogP contribution in [0.15, 0.2) is 34.6 Å². The van der Waals surface area contributed by atoms with Crippen LogP contribution in [0.25, 0.3) is 0 Å². The number of nitrogens with zero attached hydrogens (tertiary/aromatic N) is 2. The molecule has 27 heavy (non-hydrogen) atoms. The van der Waals surface area contributed by atoms with E-state index in [-0.39, 0.29) is 0 Å². The quantitative estimate of drug-likeness (QED) is 0.499. The zero-order chi connectivity index (χ0) is 18.9. The van der Waals surface area contributed by atoms with Crippen LogP contribution in [0.5, 0.6) is 0 Å². The van der Waals surface area contributed by atoms with Crippen LogP contribution in [0.1, 0.15) is 22.7 Å². The number of thiophene rings is 2. The number of rotatable bonds is 8. The van der Waals surface area contributed by atoms with Crippen LogP contribution in [-0.2, 0) is 11.2 Å². The average Bonchev–Trinajstić information content (AvgIpc) is 3.35. The van der Waals surface area contributed by atoms with Gasteiger partial charge in [0.25, 0.3) is 0 Å². The zero-order valence-corrected chi connectivity index (χ0v) is 18.0. The van der Waals surface area contributed by atoms with Crippen molar-refractivity contribution in [1.82, 2.24) is 15.5 Å². The van der Waals surface area contributed by atoms with Crippen molar-refractivity contribution in [3.63, 3.8) is 0 Å². The highest BCUT2D eigenvalue weighted by atomic mass is 35.5. The van der Waals surface area contributed by atoms with E-state index in [0.717, 1.165) is 62.7 Å². The minimum absolute atomic E-state index is 0.306. The Labute approximate surface area is 174 Å². The first-order chi connectivity index (χ1) is 13.3. The fraction of sp³-hybridized carbons (Fsp3) is 0.526. The van der Waals surface area contributed by atoms with E-state index in [1.807, 2.05) is 6.07 Å². The Balaban J connectivity index is 1.60. The van der Waals surface area contributed by atoms with Crippen molar-refractivity contribution in [3.8, 4) is 0 Å². The number of aliphatic imine (C=N–C) groups is 1. The summed E-state index contributed by atoms with van der Waals surface area (Å²) in [6.45, 7) is 8.03. The second-order valence-corrected chi connectivity index (χ2v) is 9.06. The fourth-order valence-corrected chi connectivity index (χ4v) is 5.00. The molecule has 0 saturated carbocycles. The molecule has 1 atom stereocenters. The van der Waals surface area contributed by atoms with Crippen molar-refractivity contribution >= 4 is 40.2 Å². The van der Waals surface area contributed by atoms with Gasteiger partial charge in [0.2, 0.25) is 0 Å². The van der Waals surface area contributed by atoms with E-state index in [1.165, 1.54) is 9.75 Å². The third kappa shape index (κ3) is 6.47. The van der Waals surface area contributed by atoms with Gasteiger partial charge in [-0.15, -0.1) is 22.7 Å². The minimum Gasteiger partial charge on any atom is -0.379 e. The van der Waals surface area contributed by atoms with Crippen LogP contribution in [0.2, 0.25) is 4.34 Å². The van der Waals surface area contributed by atoms with Gasteiger partial charge in [0.05, 0.1) is 30.1 Å². The van der Waals surface area contributed by atoms with Gasteiger partial charge in [-0.05, 0) is 36.9 Å². The number of halogens is 1. The number of hydrogen-bond acceptors (Lipinski definition) is 5. The van der Waals surface area contributed by atoms with Gasteiger partial charge in [-0.2, -0.15) is 0 Å². The number of hydrogen-bond donors (Lipinski definition) is 2.